The highest BCUT2D eigenvalue weighted by molar-refractivity contribution is 8.18. The third kappa shape index (κ3) is 4.90. The van der Waals surface area contributed by atoms with E-state index < -0.39 is 0 Å². The van der Waals surface area contributed by atoms with Gasteiger partial charge >= 0.3 is 0 Å². The molecular formula is C24H17FN2O3S. The normalized spacial score (nSPS) is 14.9. The summed E-state index contributed by atoms with van der Waals surface area (Å²) in [5, 5.41) is 2.36. The highest BCUT2D eigenvalue weighted by Gasteiger charge is 2.34. The summed E-state index contributed by atoms with van der Waals surface area (Å²) in [6.45, 7) is 0.122. The Labute approximate surface area is 182 Å². The number of imide groups is 1. The lowest BCUT2D eigenvalue weighted by atomic mass is 10.1. The van der Waals surface area contributed by atoms with E-state index in [2.05, 4.69) is 5.32 Å². The Morgan fingerprint density at radius 3 is 2.29 bits per heavy atom. The maximum Gasteiger partial charge on any atom is 0.293 e. The summed E-state index contributed by atoms with van der Waals surface area (Å²) in [6.07, 6.45) is 1.70. The molecule has 3 aromatic rings. The SMILES string of the molecule is O=C(Nc1ccc(F)cc1)c1ccc(CN2C(=O)S/C(=C\c3ccccc3)C2=O)cc1. The highest BCUT2D eigenvalue weighted by atomic mass is 32.2. The van der Waals surface area contributed by atoms with E-state index in [1.165, 1.54) is 29.2 Å². The summed E-state index contributed by atoms with van der Waals surface area (Å²) in [5.41, 5.74) is 2.47. The number of benzene rings is 3. The first-order chi connectivity index (χ1) is 15.0. The van der Waals surface area contributed by atoms with Gasteiger partial charge in [-0.3, -0.25) is 19.3 Å². The molecule has 154 valence electrons. The molecule has 3 aromatic carbocycles. The maximum absolute atomic E-state index is 13.0. The molecule has 1 N–H and O–H groups in total. The zero-order valence-electron chi connectivity index (χ0n) is 16.2. The number of amides is 3. The number of halogens is 1. The van der Waals surface area contributed by atoms with E-state index in [1.807, 2.05) is 30.3 Å². The summed E-state index contributed by atoms with van der Waals surface area (Å²) in [4.78, 5) is 38.9. The molecule has 0 spiro atoms. The van der Waals surface area contributed by atoms with E-state index >= 15 is 0 Å². The van der Waals surface area contributed by atoms with Crippen LogP contribution in [0.4, 0.5) is 14.9 Å². The standard InChI is InChI=1S/C24H17FN2O3S/c25-19-10-12-20(13-11-19)26-22(28)18-8-6-17(7-9-18)15-27-23(29)21(31-24(27)30)14-16-4-2-1-3-5-16/h1-14H,15H2,(H,26,28)/b21-14-. The van der Waals surface area contributed by atoms with Gasteiger partial charge in [-0.05, 0) is 65.4 Å². The van der Waals surface area contributed by atoms with Crippen LogP contribution in [-0.4, -0.2) is 22.0 Å². The molecule has 1 aliphatic rings. The van der Waals surface area contributed by atoms with Crippen LogP contribution in [0.1, 0.15) is 21.5 Å². The Balaban J connectivity index is 1.42. The quantitative estimate of drug-likeness (QED) is 0.555. The van der Waals surface area contributed by atoms with Crippen LogP contribution in [-0.2, 0) is 11.3 Å². The molecule has 3 amide bonds. The van der Waals surface area contributed by atoms with Crippen LogP contribution < -0.4 is 5.32 Å². The van der Waals surface area contributed by atoms with Gasteiger partial charge < -0.3 is 5.32 Å². The Morgan fingerprint density at radius 2 is 1.61 bits per heavy atom. The molecule has 1 aliphatic heterocycles. The number of carbonyl (C=O) groups excluding carboxylic acids is 3. The average molecular weight is 432 g/mol. The first-order valence-electron chi connectivity index (χ1n) is 9.46. The molecule has 1 saturated heterocycles. The predicted octanol–water partition coefficient (Wildman–Crippen LogP) is 5.31. The first-order valence-corrected chi connectivity index (χ1v) is 10.3. The minimum absolute atomic E-state index is 0.122. The third-order valence-electron chi connectivity index (χ3n) is 4.63. The maximum atomic E-state index is 13.0. The fourth-order valence-electron chi connectivity index (χ4n) is 3.02. The minimum atomic E-state index is -0.381. The van der Waals surface area contributed by atoms with Crippen LogP contribution in [0.25, 0.3) is 6.08 Å². The van der Waals surface area contributed by atoms with Crippen LogP contribution in [0.5, 0.6) is 0 Å². The Morgan fingerprint density at radius 1 is 0.935 bits per heavy atom. The third-order valence-corrected chi connectivity index (χ3v) is 5.54. The molecule has 1 fully saturated rings. The van der Waals surface area contributed by atoms with Gasteiger partial charge in [0.05, 0.1) is 11.4 Å². The van der Waals surface area contributed by atoms with Crippen molar-refractivity contribution in [3.63, 3.8) is 0 Å². The second kappa shape index (κ2) is 8.97. The van der Waals surface area contributed by atoms with E-state index in [4.69, 9.17) is 0 Å². The van der Waals surface area contributed by atoms with Gasteiger partial charge in [0.25, 0.3) is 17.1 Å². The van der Waals surface area contributed by atoms with E-state index in [1.54, 1.807) is 30.3 Å². The molecule has 0 atom stereocenters. The number of nitrogens with zero attached hydrogens (tertiary/aromatic N) is 1. The zero-order valence-corrected chi connectivity index (χ0v) is 17.1. The smallest absolute Gasteiger partial charge is 0.293 e. The van der Waals surface area contributed by atoms with Crippen molar-refractivity contribution in [2.24, 2.45) is 0 Å². The Bertz CT molecular complexity index is 1160. The lowest BCUT2D eigenvalue weighted by molar-refractivity contribution is -0.123. The van der Waals surface area contributed by atoms with Crippen LogP contribution in [0, 0.1) is 5.82 Å². The van der Waals surface area contributed by atoms with Crippen molar-refractivity contribution >= 4 is 40.6 Å². The molecule has 0 aliphatic carbocycles. The van der Waals surface area contributed by atoms with Crippen molar-refractivity contribution < 1.29 is 18.8 Å². The fraction of sp³-hybridized carbons (Fsp3) is 0.0417. The molecule has 4 rings (SSSR count). The second-order valence-electron chi connectivity index (χ2n) is 6.84. The largest absolute Gasteiger partial charge is 0.322 e. The Hall–Kier alpha value is -3.71. The number of carbonyl (C=O) groups is 3. The minimum Gasteiger partial charge on any atom is -0.322 e. The van der Waals surface area contributed by atoms with E-state index in [0.717, 1.165) is 22.9 Å². The van der Waals surface area contributed by atoms with Crippen LogP contribution in [0.15, 0.2) is 83.8 Å². The topological polar surface area (TPSA) is 66.5 Å². The molecule has 0 aromatic heterocycles. The molecule has 7 heteroatoms. The first kappa shape index (κ1) is 20.6. The molecule has 31 heavy (non-hydrogen) atoms. The van der Waals surface area contributed by atoms with Gasteiger partial charge in [-0.2, -0.15) is 0 Å². The van der Waals surface area contributed by atoms with Gasteiger partial charge in [0, 0.05) is 11.3 Å². The number of rotatable bonds is 5. The van der Waals surface area contributed by atoms with Crippen LogP contribution in [0.3, 0.4) is 0 Å². The molecule has 1 heterocycles. The van der Waals surface area contributed by atoms with Gasteiger partial charge in [0.15, 0.2) is 0 Å². The highest BCUT2D eigenvalue weighted by Crippen LogP contribution is 2.33. The van der Waals surface area contributed by atoms with E-state index in [-0.39, 0.29) is 29.4 Å². The summed E-state index contributed by atoms with van der Waals surface area (Å²) in [6, 6.07) is 21.5. The molecule has 5 nitrogen and oxygen atoms in total. The Kier molecular flexibility index (Phi) is 5.95. The summed E-state index contributed by atoms with van der Waals surface area (Å²) < 4.78 is 13.0. The number of hydrogen-bond acceptors (Lipinski definition) is 4. The van der Waals surface area contributed by atoms with Gasteiger partial charge in [-0.15, -0.1) is 0 Å². The van der Waals surface area contributed by atoms with Crippen molar-refractivity contribution in [2.45, 2.75) is 6.54 Å². The molecule has 0 radical (unpaired) electrons. The van der Waals surface area contributed by atoms with Crippen molar-refractivity contribution in [3.8, 4) is 0 Å². The number of thioether (sulfide) groups is 1. The average Bonchev–Trinajstić information content (AvgIpc) is 3.04. The lowest BCUT2D eigenvalue weighted by Gasteiger charge is -2.13. The van der Waals surface area contributed by atoms with Crippen LogP contribution >= 0.6 is 11.8 Å². The number of hydrogen-bond donors (Lipinski definition) is 1. The fourth-order valence-corrected chi connectivity index (χ4v) is 3.86. The van der Waals surface area contributed by atoms with E-state index in [0.29, 0.717) is 16.2 Å². The van der Waals surface area contributed by atoms with Gasteiger partial charge in [-0.1, -0.05) is 42.5 Å². The van der Waals surface area contributed by atoms with Crippen molar-refractivity contribution in [3.05, 3.63) is 106 Å². The number of anilines is 1. The lowest BCUT2D eigenvalue weighted by Crippen LogP contribution is -2.27. The van der Waals surface area contributed by atoms with Crippen molar-refractivity contribution in [2.75, 3.05) is 5.32 Å². The van der Waals surface area contributed by atoms with Crippen molar-refractivity contribution in [1.82, 2.24) is 4.90 Å². The monoisotopic (exact) mass is 432 g/mol. The molecular weight excluding hydrogens is 415 g/mol. The van der Waals surface area contributed by atoms with Gasteiger partial charge in [0.2, 0.25) is 0 Å². The van der Waals surface area contributed by atoms with Gasteiger partial charge in [-0.25, -0.2) is 4.39 Å². The molecule has 0 saturated carbocycles. The second-order valence-corrected chi connectivity index (χ2v) is 7.83. The number of nitrogens with one attached hydrogen (secondary N) is 1. The predicted molar refractivity (Wildman–Crippen MR) is 119 cm³/mol. The summed E-state index contributed by atoms with van der Waals surface area (Å²) >= 11 is 0.914. The van der Waals surface area contributed by atoms with Gasteiger partial charge in [0.1, 0.15) is 5.82 Å². The van der Waals surface area contributed by atoms with E-state index in [9.17, 15) is 18.8 Å². The molecule has 0 bridgehead atoms. The summed E-state index contributed by atoms with van der Waals surface area (Å²) in [7, 11) is 0. The zero-order chi connectivity index (χ0) is 21.8. The van der Waals surface area contributed by atoms with Crippen molar-refractivity contribution in [1.29, 1.82) is 0 Å². The van der Waals surface area contributed by atoms with Crippen LogP contribution in [0.2, 0.25) is 0 Å². The summed E-state index contributed by atoms with van der Waals surface area (Å²) in [5.74, 6) is -1.06. The molecule has 0 unspecified atom stereocenters.